The number of carbonyl (C=O) groups is 1. The number of rotatable bonds is 6. The molecule has 0 radical (unpaired) electrons. The Hall–Kier alpha value is -1.40. The maximum atomic E-state index is 12.9. The van der Waals surface area contributed by atoms with Crippen molar-refractivity contribution in [2.24, 2.45) is 0 Å². The molecular weight excluding hydrogens is 312 g/mol. The van der Waals surface area contributed by atoms with Crippen molar-refractivity contribution in [1.29, 1.82) is 0 Å². The van der Waals surface area contributed by atoms with Crippen LogP contribution >= 0.6 is 0 Å². The lowest BCUT2D eigenvalue weighted by atomic mass is 9.92. The second-order valence-electron chi connectivity index (χ2n) is 6.37. The Bertz CT molecular complexity index is 622. The quantitative estimate of drug-likeness (QED) is 0.798. The summed E-state index contributed by atoms with van der Waals surface area (Å²) in [5, 5.41) is -0.619. The summed E-state index contributed by atoms with van der Waals surface area (Å²) in [6, 6.07) is 9.48. The standard InChI is InChI=1S/C17H26N2O3S/c1-14(23(21,22)19-11-7-8-12-19)16(13-17(20)18(2)3)15-9-5-4-6-10-15/h4-6,9-10,14,16H,7-8,11-13H2,1-3H3/t14-,16-/m0/s1. The normalized spacial score (nSPS) is 18.6. The van der Waals surface area contributed by atoms with Crippen LogP contribution in [0, 0.1) is 0 Å². The first-order chi connectivity index (χ1) is 10.8. The number of carbonyl (C=O) groups excluding carboxylic acids is 1. The summed E-state index contributed by atoms with van der Waals surface area (Å²) in [7, 11) is 0.00207. The molecule has 1 aromatic rings. The fraction of sp³-hybridized carbons (Fsp3) is 0.588. The van der Waals surface area contributed by atoms with Gasteiger partial charge in [0.2, 0.25) is 15.9 Å². The third-order valence-corrected chi connectivity index (χ3v) is 6.94. The van der Waals surface area contributed by atoms with Crippen molar-refractivity contribution in [2.75, 3.05) is 27.2 Å². The second-order valence-corrected chi connectivity index (χ2v) is 8.66. The molecule has 0 aliphatic carbocycles. The first kappa shape index (κ1) is 17.9. The first-order valence-electron chi connectivity index (χ1n) is 8.08. The Morgan fingerprint density at radius 3 is 2.26 bits per heavy atom. The molecule has 0 bridgehead atoms. The van der Waals surface area contributed by atoms with Crippen molar-refractivity contribution >= 4 is 15.9 Å². The van der Waals surface area contributed by atoms with E-state index in [1.807, 2.05) is 30.3 Å². The number of benzene rings is 1. The number of sulfonamides is 1. The Labute approximate surface area is 139 Å². The van der Waals surface area contributed by atoms with Crippen LogP contribution in [0.3, 0.4) is 0 Å². The summed E-state index contributed by atoms with van der Waals surface area (Å²) in [4.78, 5) is 13.7. The number of amides is 1. The van der Waals surface area contributed by atoms with Crippen LogP contribution in [0.2, 0.25) is 0 Å². The van der Waals surface area contributed by atoms with E-state index >= 15 is 0 Å². The summed E-state index contributed by atoms with van der Waals surface area (Å²) < 4.78 is 27.4. The van der Waals surface area contributed by atoms with E-state index in [-0.39, 0.29) is 18.2 Å². The summed E-state index contributed by atoms with van der Waals surface area (Å²) in [6.07, 6.45) is 2.03. The molecule has 1 aromatic carbocycles. The van der Waals surface area contributed by atoms with Crippen LogP contribution in [-0.2, 0) is 14.8 Å². The van der Waals surface area contributed by atoms with Gasteiger partial charge >= 0.3 is 0 Å². The number of nitrogens with zero attached hydrogens (tertiary/aromatic N) is 2. The van der Waals surface area contributed by atoms with E-state index < -0.39 is 15.3 Å². The van der Waals surface area contributed by atoms with E-state index in [1.54, 1.807) is 25.3 Å². The van der Waals surface area contributed by atoms with Gasteiger partial charge in [0.15, 0.2) is 0 Å². The highest BCUT2D eigenvalue weighted by atomic mass is 32.2. The molecule has 6 heteroatoms. The lowest BCUT2D eigenvalue weighted by Crippen LogP contribution is -2.40. The van der Waals surface area contributed by atoms with Crippen LogP contribution in [0.4, 0.5) is 0 Å². The Morgan fingerprint density at radius 2 is 1.74 bits per heavy atom. The summed E-state index contributed by atoms with van der Waals surface area (Å²) in [6.45, 7) is 2.92. The molecule has 0 spiro atoms. The van der Waals surface area contributed by atoms with Gasteiger partial charge in [-0.3, -0.25) is 4.79 Å². The van der Waals surface area contributed by atoms with Crippen LogP contribution in [0.1, 0.15) is 37.7 Å². The number of hydrogen-bond donors (Lipinski definition) is 0. The molecule has 0 unspecified atom stereocenters. The van der Waals surface area contributed by atoms with Gasteiger partial charge in [-0.05, 0) is 25.3 Å². The fourth-order valence-corrected chi connectivity index (χ4v) is 4.92. The van der Waals surface area contributed by atoms with Gasteiger partial charge in [-0.2, -0.15) is 0 Å². The second kappa shape index (κ2) is 7.45. The highest BCUT2D eigenvalue weighted by molar-refractivity contribution is 7.89. The summed E-state index contributed by atoms with van der Waals surface area (Å²) >= 11 is 0. The van der Waals surface area contributed by atoms with Gasteiger partial charge in [0.05, 0.1) is 5.25 Å². The third-order valence-electron chi connectivity index (χ3n) is 4.58. The molecule has 2 atom stereocenters. The minimum Gasteiger partial charge on any atom is -0.349 e. The van der Waals surface area contributed by atoms with Crippen LogP contribution in [0.25, 0.3) is 0 Å². The van der Waals surface area contributed by atoms with Crippen LogP contribution in [-0.4, -0.2) is 56.0 Å². The van der Waals surface area contributed by atoms with Crippen molar-refractivity contribution in [1.82, 2.24) is 9.21 Å². The van der Waals surface area contributed by atoms with Gasteiger partial charge in [-0.15, -0.1) is 0 Å². The topological polar surface area (TPSA) is 57.7 Å². The van der Waals surface area contributed by atoms with Crippen LogP contribution in [0.15, 0.2) is 30.3 Å². The molecule has 1 aliphatic heterocycles. The molecule has 1 amide bonds. The van der Waals surface area contributed by atoms with Gasteiger partial charge in [-0.25, -0.2) is 12.7 Å². The van der Waals surface area contributed by atoms with E-state index in [0.29, 0.717) is 13.1 Å². The highest BCUT2D eigenvalue weighted by Gasteiger charge is 2.37. The first-order valence-corrected chi connectivity index (χ1v) is 9.58. The Morgan fingerprint density at radius 1 is 1.17 bits per heavy atom. The summed E-state index contributed by atoms with van der Waals surface area (Å²) in [5.74, 6) is -0.390. The minimum absolute atomic E-state index is 0.0534. The summed E-state index contributed by atoms with van der Waals surface area (Å²) in [5.41, 5.74) is 0.901. The average Bonchev–Trinajstić information content (AvgIpc) is 3.07. The van der Waals surface area contributed by atoms with Gasteiger partial charge in [0, 0.05) is 39.5 Å². The van der Waals surface area contributed by atoms with Gasteiger partial charge < -0.3 is 4.90 Å². The SMILES string of the molecule is C[C@@H]([C@H](CC(=O)N(C)C)c1ccccc1)S(=O)(=O)N1CCCC1. The smallest absolute Gasteiger partial charge is 0.222 e. The van der Waals surface area contributed by atoms with Crippen molar-refractivity contribution in [3.8, 4) is 0 Å². The van der Waals surface area contributed by atoms with E-state index in [1.165, 1.54) is 4.90 Å². The van der Waals surface area contributed by atoms with Crippen LogP contribution in [0.5, 0.6) is 0 Å². The molecule has 1 aliphatic rings. The maximum Gasteiger partial charge on any atom is 0.222 e. The molecule has 0 N–H and O–H groups in total. The molecular formula is C17H26N2O3S. The predicted octanol–water partition coefficient (Wildman–Crippen LogP) is 2.06. The minimum atomic E-state index is -3.39. The lowest BCUT2D eigenvalue weighted by Gasteiger charge is -2.28. The molecule has 0 saturated carbocycles. The average molecular weight is 338 g/mol. The van der Waals surface area contributed by atoms with Crippen molar-refractivity contribution < 1.29 is 13.2 Å². The molecule has 1 saturated heterocycles. The Kier molecular flexibility index (Phi) is 5.81. The monoisotopic (exact) mass is 338 g/mol. The zero-order chi connectivity index (χ0) is 17.0. The Balaban J connectivity index is 2.30. The molecule has 0 aromatic heterocycles. The van der Waals surface area contributed by atoms with E-state index in [9.17, 15) is 13.2 Å². The zero-order valence-corrected chi connectivity index (χ0v) is 14.9. The highest BCUT2D eigenvalue weighted by Crippen LogP contribution is 2.31. The van der Waals surface area contributed by atoms with Crippen molar-refractivity contribution in [2.45, 2.75) is 37.4 Å². The zero-order valence-electron chi connectivity index (χ0n) is 14.1. The van der Waals surface area contributed by atoms with Crippen molar-refractivity contribution in [3.05, 3.63) is 35.9 Å². The van der Waals surface area contributed by atoms with E-state index in [0.717, 1.165) is 18.4 Å². The molecule has 23 heavy (non-hydrogen) atoms. The lowest BCUT2D eigenvalue weighted by molar-refractivity contribution is -0.129. The predicted molar refractivity (Wildman–Crippen MR) is 91.7 cm³/mol. The maximum absolute atomic E-state index is 12.9. The largest absolute Gasteiger partial charge is 0.349 e. The fourth-order valence-electron chi connectivity index (χ4n) is 3.01. The van der Waals surface area contributed by atoms with Gasteiger partial charge in [-0.1, -0.05) is 30.3 Å². The van der Waals surface area contributed by atoms with Gasteiger partial charge in [0.25, 0.3) is 0 Å². The van der Waals surface area contributed by atoms with Crippen molar-refractivity contribution in [3.63, 3.8) is 0 Å². The molecule has 1 fully saturated rings. The number of hydrogen-bond acceptors (Lipinski definition) is 3. The molecule has 5 nitrogen and oxygen atoms in total. The molecule has 128 valence electrons. The van der Waals surface area contributed by atoms with Gasteiger partial charge in [0.1, 0.15) is 0 Å². The molecule has 1 heterocycles. The molecule has 2 rings (SSSR count). The third kappa shape index (κ3) is 4.12. The van der Waals surface area contributed by atoms with Crippen LogP contribution < -0.4 is 0 Å². The van der Waals surface area contributed by atoms with E-state index in [4.69, 9.17) is 0 Å². The van der Waals surface area contributed by atoms with E-state index in [2.05, 4.69) is 0 Å².